The number of methoxy groups -OCH3 is 2. The number of nitrogens with one attached hydrogen (secondary N) is 1. The van der Waals surface area contributed by atoms with Gasteiger partial charge in [-0.25, -0.2) is 13.4 Å². The molecular formula is C20H21ClN2O5S2. The number of thiazole rings is 1. The van der Waals surface area contributed by atoms with Gasteiger partial charge in [-0.2, -0.15) is 0 Å². The van der Waals surface area contributed by atoms with E-state index in [9.17, 15) is 8.42 Å². The third-order valence-electron chi connectivity index (χ3n) is 4.17. The summed E-state index contributed by atoms with van der Waals surface area (Å²) in [6.45, 7) is 3.99. The zero-order valence-electron chi connectivity index (χ0n) is 16.9. The Balaban J connectivity index is 2.08. The number of aryl methyl sites for hydroxylation is 1. The fraction of sp³-hybridized carbons (Fsp3) is 0.250. The van der Waals surface area contributed by atoms with Crippen molar-refractivity contribution in [1.29, 1.82) is 0 Å². The second-order valence-electron chi connectivity index (χ2n) is 6.14. The van der Waals surface area contributed by atoms with Gasteiger partial charge in [0.2, 0.25) is 0 Å². The number of benzene rings is 2. The van der Waals surface area contributed by atoms with E-state index in [4.69, 9.17) is 25.8 Å². The smallest absolute Gasteiger partial charge is 0.265 e. The number of sulfonamides is 1. The van der Waals surface area contributed by atoms with Crippen LogP contribution in [0.15, 0.2) is 40.6 Å². The van der Waals surface area contributed by atoms with Crippen molar-refractivity contribution in [2.45, 2.75) is 18.7 Å². The van der Waals surface area contributed by atoms with Crippen molar-refractivity contribution in [3.8, 4) is 28.5 Å². The van der Waals surface area contributed by atoms with Crippen molar-refractivity contribution in [3.63, 3.8) is 0 Å². The molecule has 1 aromatic heterocycles. The van der Waals surface area contributed by atoms with Gasteiger partial charge >= 0.3 is 0 Å². The predicted molar refractivity (Wildman–Crippen MR) is 119 cm³/mol. The van der Waals surface area contributed by atoms with Crippen LogP contribution in [0.3, 0.4) is 0 Å². The number of halogens is 1. The highest BCUT2D eigenvalue weighted by Gasteiger charge is 2.24. The Hall–Kier alpha value is -2.49. The third kappa shape index (κ3) is 4.63. The van der Waals surface area contributed by atoms with Crippen LogP contribution in [0, 0.1) is 6.92 Å². The second-order valence-corrected chi connectivity index (χ2v) is 9.26. The molecule has 0 amide bonds. The van der Waals surface area contributed by atoms with E-state index in [0.29, 0.717) is 23.6 Å². The Morgan fingerprint density at radius 3 is 2.43 bits per heavy atom. The standard InChI is InChI=1S/C20H21ClN2O5S2/c1-5-28-17-7-6-13(16-11-29-12(2)22-16)8-20(17)30(24,25)23-15-9-14(21)18(26-3)10-19(15)27-4/h6-11,23H,5H2,1-4H3. The van der Waals surface area contributed by atoms with Gasteiger partial charge in [0.25, 0.3) is 10.0 Å². The summed E-state index contributed by atoms with van der Waals surface area (Å²) in [5.41, 5.74) is 1.55. The zero-order chi connectivity index (χ0) is 21.9. The van der Waals surface area contributed by atoms with E-state index < -0.39 is 10.0 Å². The average Bonchev–Trinajstić information content (AvgIpc) is 3.14. The molecule has 0 saturated heterocycles. The highest BCUT2D eigenvalue weighted by atomic mass is 35.5. The Labute approximate surface area is 184 Å². The minimum Gasteiger partial charge on any atom is -0.495 e. The summed E-state index contributed by atoms with van der Waals surface area (Å²) in [4.78, 5) is 4.42. The minimum atomic E-state index is -4.04. The molecule has 0 aliphatic rings. The summed E-state index contributed by atoms with van der Waals surface area (Å²) < 4.78 is 45.1. The number of anilines is 1. The summed E-state index contributed by atoms with van der Waals surface area (Å²) in [6.07, 6.45) is 0. The molecule has 0 radical (unpaired) electrons. The number of ether oxygens (including phenoxy) is 3. The van der Waals surface area contributed by atoms with Gasteiger partial charge in [-0.15, -0.1) is 11.3 Å². The summed E-state index contributed by atoms with van der Waals surface area (Å²) in [5.74, 6) is 0.871. The minimum absolute atomic E-state index is 0.0125. The summed E-state index contributed by atoms with van der Waals surface area (Å²) in [6, 6.07) is 7.89. The lowest BCUT2D eigenvalue weighted by Gasteiger charge is -2.16. The molecule has 30 heavy (non-hydrogen) atoms. The van der Waals surface area contributed by atoms with Gasteiger partial charge in [-0.05, 0) is 38.1 Å². The number of hydrogen-bond donors (Lipinski definition) is 1. The van der Waals surface area contributed by atoms with Gasteiger partial charge in [0.05, 0.1) is 42.2 Å². The average molecular weight is 469 g/mol. The maximum atomic E-state index is 13.3. The fourth-order valence-electron chi connectivity index (χ4n) is 2.79. The first kappa shape index (κ1) is 22.2. The van der Waals surface area contributed by atoms with E-state index in [2.05, 4.69) is 9.71 Å². The van der Waals surface area contributed by atoms with E-state index in [0.717, 1.165) is 5.01 Å². The molecule has 0 saturated carbocycles. The lowest BCUT2D eigenvalue weighted by Crippen LogP contribution is -2.15. The Morgan fingerprint density at radius 2 is 1.83 bits per heavy atom. The summed E-state index contributed by atoms with van der Waals surface area (Å²) in [7, 11) is -1.15. The van der Waals surface area contributed by atoms with Crippen LogP contribution in [0.4, 0.5) is 5.69 Å². The van der Waals surface area contributed by atoms with Crippen LogP contribution in [0.5, 0.6) is 17.2 Å². The molecule has 0 aliphatic heterocycles. The quantitative estimate of drug-likeness (QED) is 0.501. The van der Waals surface area contributed by atoms with E-state index in [-0.39, 0.29) is 27.1 Å². The molecule has 0 unspecified atom stereocenters. The van der Waals surface area contributed by atoms with Gasteiger partial charge in [0.15, 0.2) is 0 Å². The van der Waals surface area contributed by atoms with E-state index in [1.54, 1.807) is 25.1 Å². The Morgan fingerprint density at radius 1 is 1.10 bits per heavy atom. The zero-order valence-corrected chi connectivity index (χ0v) is 19.2. The van der Waals surface area contributed by atoms with Crippen LogP contribution < -0.4 is 18.9 Å². The highest BCUT2D eigenvalue weighted by molar-refractivity contribution is 7.92. The fourth-order valence-corrected chi connectivity index (χ4v) is 4.88. The van der Waals surface area contributed by atoms with Gasteiger partial charge in [0, 0.05) is 17.0 Å². The monoisotopic (exact) mass is 468 g/mol. The van der Waals surface area contributed by atoms with Crippen molar-refractivity contribution in [3.05, 3.63) is 45.7 Å². The lowest BCUT2D eigenvalue weighted by molar-refractivity contribution is 0.331. The third-order valence-corrected chi connectivity index (χ3v) is 6.62. The van der Waals surface area contributed by atoms with E-state index >= 15 is 0 Å². The van der Waals surface area contributed by atoms with Crippen molar-refractivity contribution < 1.29 is 22.6 Å². The van der Waals surface area contributed by atoms with Crippen LogP contribution in [0.25, 0.3) is 11.3 Å². The van der Waals surface area contributed by atoms with Gasteiger partial charge in [-0.1, -0.05) is 11.6 Å². The molecule has 0 atom stereocenters. The molecule has 0 aliphatic carbocycles. The molecular weight excluding hydrogens is 448 g/mol. The van der Waals surface area contributed by atoms with Crippen LogP contribution >= 0.6 is 22.9 Å². The van der Waals surface area contributed by atoms with Gasteiger partial charge in [0.1, 0.15) is 22.1 Å². The Bertz CT molecular complexity index is 1160. The van der Waals surface area contributed by atoms with Crippen LogP contribution in [0.2, 0.25) is 5.02 Å². The van der Waals surface area contributed by atoms with Crippen molar-refractivity contribution >= 4 is 38.6 Å². The normalized spacial score (nSPS) is 11.2. The van der Waals surface area contributed by atoms with Gasteiger partial charge < -0.3 is 14.2 Å². The molecule has 7 nitrogen and oxygen atoms in total. The largest absolute Gasteiger partial charge is 0.495 e. The molecule has 0 spiro atoms. The van der Waals surface area contributed by atoms with Gasteiger partial charge in [-0.3, -0.25) is 4.72 Å². The predicted octanol–water partition coefficient (Wildman–Crippen LogP) is 4.99. The first-order valence-corrected chi connectivity index (χ1v) is 11.7. The van der Waals surface area contributed by atoms with Crippen molar-refractivity contribution in [2.24, 2.45) is 0 Å². The SMILES string of the molecule is CCOc1ccc(-c2csc(C)n2)cc1S(=O)(=O)Nc1cc(Cl)c(OC)cc1OC. The van der Waals surface area contributed by atoms with Crippen molar-refractivity contribution in [1.82, 2.24) is 4.98 Å². The highest BCUT2D eigenvalue weighted by Crippen LogP contribution is 2.38. The Kier molecular flexibility index (Phi) is 6.74. The summed E-state index contributed by atoms with van der Waals surface area (Å²) >= 11 is 7.66. The maximum absolute atomic E-state index is 13.3. The topological polar surface area (TPSA) is 86.8 Å². The molecule has 0 bridgehead atoms. The molecule has 1 N–H and O–H groups in total. The van der Waals surface area contributed by atoms with E-state index in [1.165, 1.54) is 37.7 Å². The number of rotatable bonds is 8. The lowest BCUT2D eigenvalue weighted by atomic mass is 10.2. The van der Waals surface area contributed by atoms with E-state index in [1.807, 2.05) is 12.3 Å². The molecule has 3 aromatic rings. The van der Waals surface area contributed by atoms with Crippen LogP contribution in [-0.2, 0) is 10.0 Å². The molecule has 160 valence electrons. The molecule has 1 heterocycles. The molecule has 0 fully saturated rings. The van der Waals surface area contributed by atoms with Crippen molar-refractivity contribution in [2.75, 3.05) is 25.5 Å². The first-order chi connectivity index (χ1) is 14.3. The van der Waals surface area contributed by atoms with Crippen LogP contribution in [0.1, 0.15) is 11.9 Å². The number of aromatic nitrogens is 1. The molecule has 2 aromatic carbocycles. The molecule has 10 heteroatoms. The van der Waals surface area contributed by atoms with Crippen LogP contribution in [-0.4, -0.2) is 34.2 Å². The first-order valence-electron chi connectivity index (χ1n) is 8.92. The number of hydrogen-bond acceptors (Lipinski definition) is 7. The number of nitrogens with zero attached hydrogens (tertiary/aromatic N) is 1. The second kappa shape index (κ2) is 9.11. The molecule has 3 rings (SSSR count). The summed E-state index contributed by atoms with van der Waals surface area (Å²) in [5, 5.41) is 3.01. The maximum Gasteiger partial charge on any atom is 0.265 e.